The maximum Gasteiger partial charge on any atom is 0.273 e. The molecule has 0 aliphatic heterocycles. The molecule has 1 aromatic carbocycles. The Labute approximate surface area is 84.1 Å². The maximum atomic E-state index is 13.4. The van der Waals surface area contributed by atoms with Crippen LogP contribution >= 0.6 is 15.9 Å². The molecule has 0 saturated carbocycles. The van der Waals surface area contributed by atoms with E-state index in [0.29, 0.717) is 6.42 Å². The summed E-state index contributed by atoms with van der Waals surface area (Å²) in [5, 5.41) is 0. The number of aryl methyl sites for hydroxylation is 1. The summed E-state index contributed by atoms with van der Waals surface area (Å²) in [6, 6.07) is 5.14. The van der Waals surface area contributed by atoms with Crippen LogP contribution in [0.2, 0.25) is 0 Å². The largest absolute Gasteiger partial charge is 0.273 e. The van der Waals surface area contributed by atoms with Crippen molar-refractivity contribution < 1.29 is 8.78 Å². The standard InChI is InChI=1S/C10H9BrF2/c11-8-4-3-7-2-1-5-10(12,13)9(7)6-8/h3-4,6H,1-2,5H2. The van der Waals surface area contributed by atoms with E-state index in [0.717, 1.165) is 16.5 Å². The smallest absolute Gasteiger partial charge is 0.201 e. The van der Waals surface area contributed by atoms with Gasteiger partial charge in [-0.15, -0.1) is 0 Å². The normalized spacial score (nSPS) is 19.6. The highest BCUT2D eigenvalue weighted by atomic mass is 79.9. The van der Waals surface area contributed by atoms with Gasteiger partial charge in [0.15, 0.2) is 0 Å². The molecule has 3 heteroatoms. The van der Waals surface area contributed by atoms with E-state index < -0.39 is 5.92 Å². The predicted octanol–water partition coefficient (Wildman–Crippen LogP) is 3.88. The van der Waals surface area contributed by atoms with Crippen molar-refractivity contribution in [1.29, 1.82) is 0 Å². The second-order valence-electron chi connectivity index (χ2n) is 3.36. The van der Waals surface area contributed by atoms with Crippen LogP contribution in [0.1, 0.15) is 24.0 Å². The zero-order valence-electron chi connectivity index (χ0n) is 6.99. The lowest BCUT2D eigenvalue weighted by Gasteiger charge is -2.25. The third-order valence-corrected chi connectivity index (χ3v) is 2.90. The Morgan fingerprint density at radius 2 is 2.08 bits per heavy atom. The summed E-state index contributed by atoms with van der Waals surface area (Å²) >= 11 is 3.21. The molecule has 0 atom stereocenters. The van der Waals surface area contributed by atoms with E-state index in [9.17, 15) is 8.78 Å². The molecule has 13 heavy (non-hydrogen) atoms. The molecule has 0 aromatic heterocycles. The van der Waals surface area contributed by atoms with Gasteiger partial charge in [-0.3, -0.25) is 0 Å². The Hall–Kier alpha value is -0.440. The van der Waals surface area contributed by atoms with E-state index in [1.165, 1.54) is 6.07 Å². The Bertz CT molecular complexity index is 334. The predicted molar refractivity (Wildman–Crippen MR) is 51.0 cm³/mol. The Morgan fingerprint density at radius 3 is 2.85 bits per heavy atom. The summed E-state index contributed by atoms with van der Waals surface area (Å²) < 4.78 is 27.4. The lowest BCUT2D eigenvalue weighted by Crippen LogP contribution is -2.20. The number of rotatable bonds is 0. The Morgan fingerprint density at radius 1 is 1.31 bits per heavy atom. The van der Waals surface area contributed by atoms with Crippen molar-refractivity contribution >= 4 is 15.9 Å². The van der Waals surface area contributed by atoms with E-state index in [2.05, 4.69) is 15.9 Å². The van der Waals surface area contributed by atoms with Crippen LogP contribution in [0.25, 0.3) is 0 Å². The maximum absolute atomic E-state index is 13.4. The second kappa shape index (κ2) is 3.05. The van der Waals surface area contributed by atoms with Gasteiger partial charge in [-0.05, 0) is 30.5 Å². The molecule has 0 nitrogen and oxygen atoms in total. The number of hydrogen-bond acceptors (Lipinski definition) is 0. The third kappa shape index (κ3) is 1.62. The van der Waals surface area contributed by atoms with Crippen LogP contribution in [-0.2, 0) is 12.3 Å². The molecular weight excluding hydrogens is 238 g/mol. The number of fused-ring (bicyclic) bond motifs is 1. The van der Waals surface area contributed by atoms with E-state index >= 15 is 0 Å². The molecule has 0 amide bonds. The van der Waals surface area contributed by atoms with Crippen molar-refractivity contribution in [3.05, 3.63) is 33.8 Å². The van der Waals surface area contributed by atoms with Crippen LogP contribution in [0.3, 0.4) is 0 Å². The minimum absolute atomic E-state index is 0.0174. The first-order valence-electron chi connectivity index (χ1n) is 4.26. The summed E-state index contributed by atoms with van der Waals surface area (Å²) in [5.41, 5.74) is 0.993. The van der Waals surface area contributed by atoms with Gasteiger partial charge in [0.25, 0.3) is 5.92 Å². The first-order valence-corrected chi connectivity index (χ1v) is 5.06. The quantitative estimate of drug-likeness (QED) is 0.652. The zero-order valence-corrected chi connectivity index (χ0v) is 8.57. The number of halogens is 3. The summed E-state index contributed by atoms with van der Waals surface area (Å²) in [6.45, 7) is 0. The molecule has 0 saturated heterocycles. The van der Waals surface area contributed by atoms with Crippen LogP contribution in [0.5, 0.6) is 0 Å². The average Bonchev–Trinajstić information content (AvgIpc) is 2.06. The molecule has 0 spiro atoms. The molecule has 1 aliphatic rings. The molecule has 0 fully saturated rings. The van der Waals surface area contributed by atoms with Gasteiger partial charge in [-0.1, -0.05) is 22.0 Å². The zero-order chi connectivity index (χ0) is 9.47. The third-order valence-electron chi connectivity index (χ3n) is 2.40. The minimum Gasteiger partial charge on any atom is -0.201 e. The highest BCUT2D eigenvalue weighted by Gasteiger charge is 2.36. The monoisotopic (exact) mass is 246 g/mol. The van der Waals surface area contributed by atoms with Crippen molar-refractivity contribution in [2.75, 3.05) is 0 Å². The summed E-state index contributed by atoms with van der Waals surface area (Å²) in [7, 11) is 0. The molecule has 1 aliphatic carbocycles. The number of hydrogen-bond donors (Lipinski definition) is 0. The fraction of sp³-hybridized carbons (Fsp3) is 0.400. The average molecular weight is 247 g/mol. The van der Waals surface area contributed by atoms with Crippen LogP contribution in [0, 0.1) is 0 Å². The van der Waals surface area contributed by atoms with Gasteiger partial charge >= 0.3 is 0 Å². The molecular formula is C10H9BrF2. The van der Waals surface area contributed by atoms with Crippen molar-refractivity contribution in [2.24, 2.45) is 0 Å². The molecule has 0 radical (unpaired) electrons. The fourth-order valence-electron chi connectivity index (χ4n) is 1.74. The summed E-state index contributed by atoms with van der Waals surface area (Å²) in [6.07, 6.45) is 1.34. The molecule has 70 valence electrons. The second-order valence-corrected chi connectivity index (χ2v) is 4.28. The van der Waals surface area contributed by atoms with Crippen molar-refractivity contribution in [3.63, 3.8) is 0 Å². The SMILES string of the molecule is FC1(F)CCCc2ccc(Br)cc21. The van der Waals surface area contributed by atoms with E-state index in [1.807, 2.05) is 6.07 Å². The molecule has 0 bridgehead atoms. The highest BCUT2D eigenvalue weighted by molar-refractivity contribution is 9.10. The molecule has 0 unspecified atom stereocenters. The first-order chi connectivity index (χ1) is 6.09. The van der Waals surface area contributed by atoms with Crippen LogP contribution in [0.4, 0.5) is 8.78 Å². The van der Waals surface area contributed by atoms with Crippen molar-refractivity contribution in [1.82, 2.24) is 0 Å². The molecule has 0 N–H and O–H groups in total. The van der Waals surface area contributed by atoms with Crippen LogP contribution in [-0.4, -0.2) is 0 Å². The van der Waals surface area contributed by atoms with E-state index in [-0.39, 0.29) is 12.0 Å². The molecule has 2 rings (SSSR count). The van der Waals surface area contributed by atoms with Crippen molar-refractivity contribution in [2.45, 2.75) is 25.2 Å². The van der Waals surface area contributed by atoms with Gasteiger partial charge in [0, 0.05) is 16.5 Å². The van der Waals surface area contributed by atoms with Gasteiger partial charge < -0.3 is 0 Å². The Kier molecular flexibility index (Phi) is 2.14. The number of benzene rings is 1. The Balaban J connectivity index is 2.55. The lowest BCUT2D eigenvalue weighted by atomic mass is 9.89. The topological polar surface area (TPSA) is 0 Å². The minimum atomic E-state index is -2.63. The van der Waals surface area contributed by atoms with Gasteiger partial charge in [-0.2, -0.15) is 0 Å². The van der Waals surface area contributed by atoms with Gasteiger partial charge in [0.2, 0.25) is 0 Å². The van der Waals surface area contributed by atoms with Gasteiger partial charge in [0.05, 0.1) is 0 Å². The highest BCUT2D eigenvalue weighted by Crippen LogP contribution is 2.40. The summed E-state index contributed by atoms with van der Waals surface area (Å²) in [5.74, 6) is -2.63. The molecule has 0 heterocycles. The van der Waals surface area contributed by atoms with Gasteiger partial charge in [0.1, 0.15) is 0 Å². The van der Waals surface area contributed by atoms with Gasteiger partial charge in [-0.25, -0.2) is 8.78 Å². The fourth-order valence-corrected chi connectivity index (χ4v) is 2.10. The number of alkyl halides is 2. The first kappa shape index (κ1) is 9.13. The van der Waals surface area contributed by atoms with E-state index in [1.54, 1.807) is 6.07 Å². The van der Waals surface area contributed by atoms with Crippen molar-refractivity contribution in [3.8, 4) is 0 Å². The lowest BCUT2D eigenvalue weighted by molar-refractivity contribution is -0.0217. The molecule has 1 aromatic rings. The van der Waals surface area contributed by atoms with E-state index in [4.69, 9.17) is 0 Å². The van der Waals surface area contributed by atoms with Crippen LogP contribution < -0.4 is 0 Å². The summed E-state index contributed by atoms with van der Waals surface area (Å²) in [4.78, 5) is 0. The van der Waals surface area contributed by atoms with Crippen LogP contribution in [0.15, 0.2) is 22.7 Å².